The number of rotatable bonds is 9. The molecule has 9 heteroatoms. The predicted octanol–water partition coefficient (Wildman–Crippen LogP) is 2.74. The molecule has 32 heavy (non-hydrogen) atoms. The minimum atomic E-state index is -3.68. The molecular weight excluding hydrogens is 430 g/mol. The van der Waals surface area contributed by atoms with Gasteiger partial charge < -0.3 is 19.7 Å². The van der Waals surface area contributed by atoms with Crippen molar-refractivity contribution in [3.63, 3.8) is 0 Å². The maximum absolute atomic E-state index is 13.1. The van der Waals surface area contributed by atoms with Crippen LogP contribution in [0.4, 0.5) is 11.4 Å². The van der Waals surface area contributed by atoms with Crippen LogP contribution in [-0.4, -0.2) is 65.1 Å². The number of carbonyl (C=O) groups excluding carboxylic acids is 1. The molecule has 0 spiro atoms. The summed E-state index contributed by atoms with van der Waals surface area (Å²) in [5.41, 5.74) is 2.08. The minimum Gasteiger partial charge on any atom is -0.497 e. The molecule has 0 aliphatic carbocycles. The summed E-state index contributed by atoms with van der Waals surface area (Å²) in [4.78, 5) is 15.1. The second kappa shape index (κ2) is 10.8. The van der Waals surface area contributed by atoms with E-state index in [1.165, 1.54) is 4.31 Å². The topological polar surface area (TPSA) is 88.2 Å². The van der Waals surface area contributed by atoms with Gasteiger partial charge in [0.1, 0.15) is 5.75 Å². The first-order valence-corrected chi connectivity index (χ1v) is 12.2. The van der Waals surface area contributed by atoms with Crippen LogP contribution < -0.4 is 15.0 Å². The molecular formula is C23H31N3O5S. The van der Waals surface area contributed by atoms with Gasteiger partial charge in [0.25, 0.3) is 0 Å². The van der Waals surface area contributed by atoms with Crippen molar-refractivity contribution < 1.29 is 22.7 Å². The molecule has 0 saturated carbocycles. The van der Waals surface area contributed by atoms with Crippen molar-refractivity contribution in [2.24, 2.45) is 0 Å². The van der Waals surface area contributed by atoms with Gasteiger partial charge in [-0.15, -0.1) is 0 Å². The van der Waals surface area contributed by atoms with E-state index in [9.17, 15) is 13.2 Å². The van der Waals surface area contributed by atoms with Gasteiger partial charge >= 0.3 is 0 Å². The number of ether oxygens (including phenoxy) is 2. The third-order valence-electron chi connectivity index (χ3n) is 5.45. The lowest BCUT2D eigenvalue weighted by molar-refractivity contribution is -0.115. The van der Waals surface area contributed by atoms with Crippen LogP contribution >= 0.6 is 0 Å². The van der Waals surface area contributed by atoms with Crippen LogP contribution in [-0.2, 0) is 26.0 Å². The first-order valence-electron chi connectivity index (χ1n) is 10.8. The molecule has 8 nitrogen and oxygen atoms in total. The van der Waals surface area contributed by atoms with E-state index >= 15 is 0 Å². The quantitative estimate of drug-likeness (QED) is 0.618. The van der Waals surface area contributed by atoms with E-state index < -0.39 is 10.0 Å². The largest absolute Gasteiger partial charge is 0.497 e. The Kier molecular flexibility index (Phi) is 8.11. The van der Waals surface area contributed by atoms with Crippen molar-refractivity contribution in [3.8, 4) is 5.75 Å². The molecule has 1 amide bonds. The maximum Gasteiger partial charge on any atom is 0.243 e. The van der Waals surface area contributed by atoms with Crippen LogP contribution in [0.15, 0.2) is 47.4 Å². The Balaban J connectivity index is 1.90. The molecule has 2 aromatic rings. The number of nitrogens with one attached hydrogen (secondary N) is 1. The lowest BCUT2D eigenvalue weighted by atomic mass is 10.1. The fourth-order valence-corrected chi connectivity index (χ4v) is 5.15. The molecule has 2 aromatic carbocycles. The van der Waals surface area contributed by atoms with Gasteiger partial charge in [-0.2, -0.15) is 4.31 Å². The number of carbonyl (C=O) groups is 1. The number of morpholine rings is 1. The highest BCUT2D eigenvalue weighted by atomic mass is 32.2. The Morgan fingerprint density at radius 3 is 2.50 bits per heavy atom. The van der Waals surface area contributed by atoms with Gasteiger partial charge in [0.2, 0.25) is 15.9 Å². The first-order chi connectivity index (χ1) is 15.4. The normalized spacial score (nSPS) is 14.7. The maximum atomic E-state index is 13.1. The number of benzene rings is 2. The van der Waals surface area contributed by atoms with Crippen molar-refractivity contribution in [2.75, 3.05) is 56.7 Å². The molecule has 1 fully saturated rings. The molecule has 1 aliphatic heterocycles. The molecule has 0 unspecified atom stereocenters. The monoisotopic (exact) mass is 461 g/mol. The Morgan fingerprint density at radius 2 is 1.84 bits per heavy atom. The molecule has 174 valence electrons. The van der Waals surface area contributed by atoms with E-state index in [0.717, 1.165) is 24.3 Å². The highest BCUT2D eigenvalue weighted by Gasteiger charge is 2.27. The first kappa shape index (κ1) is 24.0. The molecule has 1 saturated heterocycles. The van der Waals surface area contributed by atoms with E-state index in [-0.39, 0.29) is 17.2 Å². The van der Waals surface area contributed by atoms with Crippen LogP contribution in [0.5, 0.6) is 5.75 Å². The van der Waals surface area contributed by atoms with Gasteiger partial charge in [-0.1, -0.05) is 12.1 Å². The van der Waals surface area contributed by atoms with E-state index in [2.05, 4.69) is 10.2 Å². The van der Waals surface area contributed by atoms with E-state index in [1.54, 1.807) is 25.3 Å². The summed E-state index contributed by atoms with van der Waals surface area (Å²) in [6, 6.07) is 12.2. The number of nitrogens with zero attached hydrogens (tertiary/aromatic N) is 2. The summed E-state index contributed by atoms with van der Waals surface area (Å²) in [5, 5.41) is 2.93. The van der Waals surface area contributed by atoms with Gasteiger partial charge in [0, 0.05) is 26.2 Å². The van der Waals surface area contributed by atoms with Gasteiger partial charge in [-0.3, -0.25) is 4.79 Å². The molecule has 0 aromatic heterocycles. The van der Waals surface area contributed by atoms with Gasteiger partial charge in [0.05, 0.1) is 43.0 Å². The second-order valence-corrected chi connectivity index (χ2v) is 9.38. The SMILES string of the molecule is CCN(CC)c1ccc(S(=O)(=O)N2CCOCC2)cc1NC(=O)Cc1cccc(OC)c1. The predicted molar refractivity (Wildman–Crippen MR) is 125 cm³/mol. The molecule has 1 heterocycles. The van der Waals surface area contributed by atoms with Crippen LogP contribution in [0.3, 0.4) is 0 Å². The van der Waals surface area contributed by atoms with Crippen molar-refractivity contribution in [3.05, 3.63) is 48.0 Å². The highest BCUT2D eigenvalue weighted by Crippen LogP contribution is 2.31. The molecule has 3 rings (SSSR count). The number of anilines is 2. The third-order valence-corrected chi connectivity index (χ3v) is 7.35. The van der Waals surface area contributed by atoms with Crippen LogP contribution in [0, 0.1) is 0 Å². The average Bonchev–Trinajstić information content (AvgIpc) is 2.81. The summed E-state index contributed by atoms with van der Waals surface area (Å²) in [6.45, 7) is 6.88. The number of hydrogen-bond acceptors (Lipinski definition) is 6. The van der Waals surface area contributed by atoms with E-state index in [1.807, 2.05) is 38.1 Å². The fourth-order valence-electron chi connectivity index (χ4n) is 3.71. The lowest BCUT2D eigenvalue weighted by Crippen LogP contribution is -2.40. The summed E-state index contributed by atoms with van der Waals surface area (Å²) >= 11 is 0. The molecule has 0 bridgehead atoms. The standard InChI is InChI=1S/C23H31N3O5S/c1-4-25(5-2)22-10-9-20(32(28,29)26-11-13-31-14-12-26)17-21(22)24-23(27)16-18-7-6-8-19(15-18)30-3/h6-10,15,17H,4-5,11-14,16H2,1-3H3,(H,24,27). The Hall–Kier alpha value is -2.62. The zero-order valence-corrected chi connectivity index (χ0v) is 19.7. The van der Waals surface area contributed by atoms with Crippen molar-refractivity contribution in [1.82, 2.24) is 4.31 Å². The van der Waals surface area contributed by atoms with Gasteiger partial charge in [-0.25, -0.2) is 8.42 Å². The smallest absolute Gasteiger partial charge is 0.243 e. The molecule has 1 aliphatic rings. The Bertz CT molecular complexity index is 1030. The molecule has 0 radical (unpaired) electrons. The van der Waals surface area contributed by atoms with Crippen molar-refractivity contribution >= 4 is 27.3 Å². The summed E-state index contributed by atoms with van der Waals surface area (Å²) in [7, 11) is -2.10. The summed E-state index contributed by atoms with van der Waals surface area (Å²) in [6.07, 6.45) is 0.148. The highest BCUT2D eigenvalue weighted by molar-refractivity contribution is 7.89. The zero-order valence-electron chi connectivity index (χ0n) is 18.8. The van der Waals surface area contributed by atoms with Crippen LogP contribution in [0.25, 0.3) is 0 Å². The van der Waals surface area contributed by atoms with Crippen LogP contribution in [0.2, 0.25) is 0 Å². The zero-order chi connectivity index (χ0) is 23.1. The number of methoxy groups -OCH3 is 1. The van der Waals surface area contributed by atoms with Crippen molar-refractivity contribution in [2.45, 2.75) is 25.2 Å². The lowest BCUT2D eigenvalue weighted by Gasteiger charge is -2.28. The van der Waals surface area contributed by atoms with Gasteiger partial charge in [0.15, 0.2) is 0 Å². The Morgan fingerprint density at radius 1 is 1.12 bits per heavy atom. The number of hydrogen-bond donors (Lipinski definition) is 1. The third kappa shape index (κ3) is 5.59. The number of amides is 1. The van der Waals surface area contributed by atoms with Crippen LogP contribution in [0.1, 0.15) is 19.4 Å². The molecule has 1 N–H and O–H groups in total. The average molecular weight is 462 g/mol. The molecule has 0 atom stereocenters. The minimum absolute atomic E-state index is 0.148. The number of sulfonamides is 1. The second-order valence-electron chi connectivity index (χ2n) is 7.44. The summed E-state index contributed by atoms with van der Waals surface area (Å²) in [5.74, 6) is 0.449. The van der Waals surface area contributed by atoms with Gasteiger partial charge in [-0.05, 0) is 49.7 Å². The van der Waals surface area contributed by atoms with E-state index in [0.29, 0.717) is 37.7 Å². The summed E-state index contributed by atoms with van der Waals surface area (Å²) < 4.78 is 38.2. The van der Waals surface area contributed by atoms with Crippen molar-refractivity contribution in [1.29, 1.82) is 0 Å². The fraction of sp³-hybridized carbons (Fsp3) is 0.435. The Labute approximate surface area is 190 Å². The van der Waals surface area contributed by atoms with E-state index in [4.69, 9.17) is 9.47 Å².